The van der Waals surface area contributed by atoms with Gasteiger partial charge in [-0.05, 0) is 68.7 Å². The molecule has 2 aromatic heterocycles. The van der Waals surface area contributed by atoms with E-state index >= 15 is 0 Å². The summed E-state index contributed by atoms with van der Waals surface area (Å²) < 4.78 is 39.9. The summed E-state index contributed by atoms with van der Waals surface area (Å²) in [6, 6.07) is 42.4. The molecule has 0 radical (unpaired) electrons. The molecular formula is C50H58F2N4O2Si2. The highest BCUT2D eigenvalue weighted by atomic mass is 28.4. The van der Waals surface area contributed by atoms with Crippen LogP contribution in [0.4, 0.5) is 8.78 Å². The van der Waals surface area contributed by atoms with Crippen molar-refractivity contribution in [1.29, 1.82) is 0 Å². The maximum atomic E-state index is 13.1. The van der Waals surface area contributed by atoms with Gasteiger partial charge in [0.15, 0.2) is 23.3 Å². The van der Waals surface area contributed by atoms with Crippen molar-refractivity contribution in [2.75, 3.05) is 13.2 Å². The SMILES string of the molecule is C/C(=C/CCO[Si](c1ccccc1)(c1ccccc1)C(C)(C)C)c1ncc(F)cn1.C/C(=C\CCO[Si](c1ccccc1)(c1ccccc1)C(C)(C)C)c1ncc(F)cn1. The fourth-order valence-corrected chi connectivity index (χ4v) is 16.9. The molecule has 6 rings (SSSR count). The van der Waals surface area contributed by atoms with Crippen LogP contribution in [0.2, 0.25) is 10.1 Å². The highest BCUT2D eigenvalue weighted by Gasteiger charge is 2.51. The number of halogens is 2. The first-order valence-electron chi connectivity index (χ1n) is 20.5. The third-order valence-corrected chi connectivity index (χ3v) is 20.6. The van der Waals surface area contributed by atoms with Crippen LogP contribution in [0.25, 0.3) is 11.1 Å². The molecule has 0 fully saturated rings. The Balaban J connectivity index is 0.000000228. The van der Waals surface area contributed by atoms with Gasteiger partial charge in [0.25, 0.3) is 16.6 Å². The Morgan fingerprint density at radius 1 is 0.467 bits per heavy atom. The molecule has 0 spiro atoms. The Morgan fingerprint density at radius 3 is 0.950 bits per heavy atom. The van der Waals surface area contributed by atoms with E-state index in [0.717, 1.165) is 24.0 Å². The van der Waals surface area contributed by atoms with Gasteiger partial charge < -0.3 is 8.85 Å². The van der Waals surface area contributed by atoms with Crippen LogP contribution in [0, 0.1) is 11.6 Å². The molecule has 0 saturated carbocycles. The summed E-state index contributed by atoms with van der Waals surface area (Å²) in [5.74, 6) is 0.229. The molecule has 312 valence electrons. The Hall–Kier alpha value is -5.27. The van der Waals surface area contributed by atoms with E-state index < -0.39 is 28.3 Å². The molecule has 0 aliphatic rings. The molecule has 0 unspecified atom stereocenters. The molecule has 0 saturated heterocycles. The largest absolute Gasteiger partial charge is 0.407 e. The average molecular weight is 841 g/mol. The van der Waals surface area contributed by atoms with Gasteiger partial charge in [0, 0.05) is 13.2 Å². The zero-order valence-electron chi connectivity index (χ0n) is 36.2. The lowest BCUT2D eigenvalue weighted by atomic mass is 10.2. The molecular weight excluding hydrogens is 783 g/mol. The van der Waals surface area contributed by atoms with Crippen LogP contribution in [0.3, 0.4) is 0 Å². The first-order valence-corrected chi connectivity index (χ1v) is 24.3. The minimum absolute atomic E-state index is 0.0471. The van der Waals surface area contributed by atoms with Gasteiger partial charge >= 0.3 is 0 Å². The van der Waals surface area contributed by atoms with Crippen molar-refractivity contribution in [3.05, 3.63) is 182 Å². The fraction of sp³-hybridized carbons (Fsp3) is 0.280. The van der Waals surface area contributed by atoms with E-state index in [-0.39, 0.29) is 10.1 Å². The lowest BCUT2D eigenvalue weighted by Gasteiger charge is -2.43. The smallest absolute Gasteiger partial charge is 0.261 e. The van der Waals surface area contributed by atoms with E-state index in [1.807, 2.05) is 38.1 Å². The summed E-state index contributed by atoms with van der Waals surface area (Å²) >= 11 is 0. The van der Waals surface area contributed by atoms with Gasteiger partial charge in [-0.25, -0.2) is 28.7 Å². The van der Waals surface area contributed by atoms with Crippen molar-refractivity contribution in [2.24, 2.45) is 0 Å². The topological polar surface area (TPSA) is 70.0 Å². The summed E-state index contributed by atoms with van der Waals surface area (Å²) in [7, 11) is -5.04. The monoisotopic (exact) mass is 840 g/mol. The minimum Gasteiger partial charge on any atom is -0.407 e. The summed E-state index contributed by atoms with van der Waals surface area (Å²) in [5.41, 5.74) is 1.84. The molecule has 6 aromatic rings. The van der Waals surface area contributed by atoms with Gasteiger partial charge in [-0.2, -0.15) is 0 Å². The summed E-state index contributed by atoms with van der Waals surface area (Å²) in [6.45, 7) is 18.7. The standard InChI is InChI=1S/2C25H29FN2OSi/c2*1-20(24-27-18-21(26)19-28-24)12-11-17-29-30(25(2,3)4,22-13-7-5-8-14-22)23-15-9-6-10-16-23/h2*5-10,12-16,18-19H,11,17H2,1-4H3/b20-12+;20-12-. The van der Waals surface area contributed by atoms with E-state index in [0.29, 0.717) is 24.9 Å². The van der Waals surface area contributed by atoms with E-state index in [9.17, 15) is 8.78 Å². The molecule has 0 amide bonds. The molecule has 0 N–H and O–H groups in total. The molecule has 0 atom stereocenters. The van der Waals surface area contributed by atoms with Crippen molar-refractivity contribution in [3.8, 4) is 0 Å². The first-order chi connectivity index (χ1) is 28.7. The zero-order chi connectivity index (χ0) is 43.2. The van der Waals surface area contributed by atoms with Crippen LogP contribution in [0.5, 0.6) is 0 Å². The van der Waals surface area contributed by atoms with E-state index in [2.05, 4.69) is 171 Å². The Morgan fingerprint density at radius 2 is 0.717 bits per heavy atom. The number of nitrogens with zero attached hydrogens (tertiary/aromatic N) is 4. The third kappa shape index (κ3) is 11.1. The number of hydrogen-bond donors (Lipinski definition) is 0. The number of allylic oxidation sites excluding steroid dienone is 2. The molecule has 10 heteroatoms. The number of rotatable bonds is 14. The quantitative estimate of drug-likeness (QED) is 0.0804. The number of benzene rings is 4. The van der Waals surface area contributed by atoms with Crippen molar-refractivity contribution in [1.82, 2.24) is 19.9 Å². The molecule has 0 aliphatic heterocycles. The third-order valence-electron chi connectivity index (χ3n) is 10.6. The maximum absolute atomic E-state index is 13.1. The molecule has 4 aromatic carbocycles. The van der Waals surface area contributed by atoms with Crippen LogP contribution in [-0.4, -0.2) is 49.8 Å². The van der Waals surface area contributed by atoms with E-state index in [1.165, 1.54) is 45.5 Å². The van der Waals surface area contributed by atoms with Crippen molar-refractivity contribution in [3.63, 3.8) is 0 Å². The van der Waals surface area contributed by atoms with Gasteiger partial charge in [0.1, 0.15) is 0 Å². The highest BCUT2D eigenvalue weighted by Crippen LogP contribution is 2.38. The lowest BCUT2D eigenvalue weighted by molar-refractivity contribution is 0.304. The van der Waals surface area contributed by atoms with Gasteiger partial charge in [0.05, 0.1) is 24.8 Å². The summed E-state index contributed by atoms with van der Waals surface area (Å²) in [5, 5.41) is 4.98. The Labute approximate surface area is 357 Å². The zero-order valence-corrected chi connectivity index (χ0v) is 38.2. The van der Waals surface area contributed by atoms with Gasteiger partial charge in [-0.1, -0.05) is 175 Å². The summed E-state index contributed by atoms with van der Waals surface area (Å²) in [6.07, 6.45) is 10.4. The fourth-order valence-electron chi connectivity index (χ4n) is 7.71. The molecule has 6 nitrogen and oxygen atoms in total. The molecule has 0 bridgehead atoms. The molecule has 0 aliphatic carbocycles. The van der Waals surface area contributed by atoms with Crippen LogP contribution >= 0.6 is 0 Å². The number of hydrogen-bond acceptors (Lipinski definition) is 6. The van der Waals surface area contributed by atoms with Crippen LogP contribution in [0.15, 0.2) is 158 Å². The Kier molecular flexibility index (Phi) is 15.9. The average Bonchev–Trinajstić information content (AvgIpc) is 3.25. The predicted octanol–water partition coefficient (Wildman–Crippen LogP) is 9.97. The molecule has 2 heterocycles. The summed E-state index contributed by atoms with van der Waals surface area (Å²) in [4.78, 5) is 16.2. The van der Waals surface area contributed by atoms with Gasteiger partial charge in [-0.15, -0.1) is 0 Å². The van der Waals surface area contributed by atoms with Crippen LogP contribution in [-0.2, 0) is 8.85 Å². The van der Waals surface area contributed by atoms with Crippen LogP contribution < -0.4 is 20.7 Å². The second-order valence-electron chi connectivity index (χ2n) is 16.8. The molecule has 60 heavy (non-hydrogen) atoms. The second-order valence-corrected chi connectivity index (χ2v) is 25.4. The minimum atomic E-state index is -2.52. The van der Waals surface area contributed by atoms with Crippen molar-refractivity contribution in [2.45, 2.75) is 78.3 Å². The normalized spacial score (nSPS) is 12.8. The van der Waals surface area contributed by atoms with Crippen molar-refractivity contribution >= 4 is 48.5 Å². The predicted molar refractivity (Wildman–Crippen MR) is 248 cm³/mol. The number of aromatic nitrogens is 4. The van der Waals surface area contributed by atoms with Crippen LogP contribution in [0.1, 0.15) is 79.9 Å². The second kappa shape index (κ2) is 20.8. The van der Waals surface area contributed by atoms with Crippen molar-refractivity contribution < 1.29 is 17.6 Å². The van der Waals surface area contributed by atoms with E-state index in [1.54, 1.807) is 0 Å². The first kappa shape index (κ1) is 45.8. The van der Waals surface area contributed by atoms with E-state index in [4.69, 9.17) is 8.85 Å². The van der Waals surface area contributed by atoms with Gasteiger partial charge in [-0.3, -0.25) is 0 Å². The lowest BCUT2D eigenvalue weighted by Crippen LogP contribution is -2.66. The highest BCUT2D eigenvalue weighted by molar-refractivity contribution is 7.00. The Bertz CT molecular complexity index is 2020. The van der Waals surface area contributed by atoms with Gasteiger partial charge in [0.2, 0.25) is 0 Å². The maximum Gasteiger partial charge on any atom is 0.261 e.